The van der Waals surface area contributed by atoms with Gasteiger partial charge in [-0.15, -0.1) is 0 Å². The van der Waals surface area contributed by atoms with E-state index in [0.717, 1.165) is 4.90 Å². The highest BCUT2D eigenvalue weighted by Gasteiger charge is 2.46. The Kier molecular flexibility index (Phi) is 5.82. The van der Waals surface area contributed by atoms with Crippen molar-refractivity contribution in [1.29, 1.82) is 0 Å². The summed E-state index contributed by atoms with van der Waals surface area (Å²) >= 11 is 5.98. The Morgan fingerprint density at radius 3 is 2.29 bits per heavy atom. The Morgan fingerprint density at radius 1 is 1.11 bits per heavy atom. The van der Waals surface area contributed by atoms with Crippen molar-refractivity contribution in [2.45, 2.75) is 6.04 Å². The molecule has 1 fully saturated rings. The standard InChI is InChI=1S/C21H20ClFN2O3/c1-24(2)11-12-25-18(13-3-7-15(22)8-4-13)17(20(27)21(25)28)19(26)14-5-9-16(23)10-6-14/h3-10,18,26H,11-12H2,1-2H3/p+1/t18-/m0/s1. The summed E-state index contributed by atoms with van der Waals surface area (Å²) in [5.41, 5.74) is 0.935. The van der Waals surface area contributed by atoms with Gasteiger partial charge in [-0.1, -0.05) is 23.7 Å². The number of halogens is 2. The van der Waals surface area contributed by atoms with E-state index in [0.29, 0.717) is 23.7 Å². The molecule has 2 N–H and O–H groups in total. The fourth-order valence-electron chi connectivity index (χ4n) is 3.21. The molecule has 28 heavy (non-hydrogen) atoms. The van der Waals surface area contributed by atoms with Gasteiger partial charge < -0.3 is 14.9 Å². The lowest BCUT2D eigenvalue weighted by Gasteiger charge is -2.25. The first-order chi connectivity index (χ1) is 13.3. The Labute approximate surface area is 167 Å². The average Bonchev–Trinajstić information content (AvgIpc) is 2.91. The van der Waals surface area contributed by atoms with Gasteiger partial charge in [0.05, 0.1) is 38.8 Å². The molecule has 0 saturated carbocycles. The van der Waals surface area contributed by atoms with Gasteiger partial charge in [-0.05, 0) is 42.0 Å². The molecular formula is C21H21ClFN2O3+. The third kappa shape index (κ3) is 3.93. The smallest absolute Gasteiger partial charge is 0.295 e. The number of likely N-dealkylation sites (tertiary alicyclic amines) is 1. The van der Waals surface area contributed by atoms with E-state index in [1.165, 1.54) is 29.2 Å². The minimum atomic E-state index is -0.754. The van der Waals surface area contributed by atoms with E-state index < -0.39 is 23.5 Å². The van der Waals surface area contributed by atoms with Crippen molar-refractivity contribution in [1.82, 2.24) is 4.90 Å². The van der Waals surface area contributed by atoms with Crippen LogP contribution in [-0.2, 0) is 9.59 Å². The maximum Gasteiger partial charge on any atom is 0.295 e. The van der Waals surface area contributed by atoms with Gasteiger partial charge >= 0.3 is 0 Å². The molecule has 2 aromatic rings. The Bertz CT molecular complexity index is 924. The van der Waals surface area contributed by atoms with Gasteiger partial charge in [-0.3, -0.25) is 9.59 Å². The normalized spacial score (nSPS) is 18.9. The van der Waals surface area contributed by atoms with Crippen molar-refractivity contribution in [2.24, 2.45) is 0 Å². The molecule has 1 heterocycles. The number of ketones is 1. The predicted molar refractivity (Wildman–Crippen MR) is 105 cm³/mol. The van der Waals surface area contributed by atoms with E-state index in [1.807, 2.05) is 14.1 Å². The molecule has 0 unspecified atom stereocenters. The molecule has 0 aromatic heterocycles. The maximum atomic E-state index is 13.2. The van der Waals surface area contributed by atoms with Crippen LogP contribution >= 0.6 is 11.6 Å². The number of hydrogen-bond acceptors (Lipinski definition) is 3. The van der Waals surface area contributed by atoms with Crippen LogP contribution in [0, 0.1) is 5.82 Å². The quantitative estimate of drug-likeness (QED) is 0.456. The third-order valence-corrected chi connectivity index (χ3v) is 4.95. The van der Waals surface area contributed by atoms with Crippen molar-refractivity contribution in [3.05, 3.63) is 76.1 Å². The molecule has 5 nitrogen and oxygen atoms in total. The summed E-state index contributed by atoms with van der Waals surface area (Å²) in [7, 11) is 3.90. The average molecular weight is 404 g/mol. The first-order valence-corrected chi connectivity index (χ1v) is 9.26. The second-order valence-electron chi connectivity index (χ2n) is 7.01. The van der Waals surface area contributed by atoms with E-state index in [-0.39, 0.29) is 16.9 Å². The van der Waals surface area contributed by atoms with Crippen LogP contribution in [0.4, 0.5) is 4.39 Å². The van der Waals surface area contributed by atoms with E-state index in [4.69, 9.17) is 11.6 Å². The number of amides is 1. The summed E-state index contributed by atoms with van der Waals surface area (Å²) < 4.78 is 13.2. The van der Waals surface area contributed by atoms with Crippen LogP contribution < -0.4 is 4.90 Å². The number of likely N-dealkylation sites (N-methyl/N-ethyl adjacent to an activating group) is 1. The molecule has 1 saturated heterocycles. The highest BCUT2D eigenvalue weighted by Crippen LogP contribution is 2.39. The number of Topliss-reactive ketones (excluding diaryl/α,β-unsaturated/α-hetero) is 1. The minimum absolute atomic E-state index is 0.00677. The molecule has 0 spiro atoms. The fourth-order valence-corrected chi connectivity index (χ4v) is 3.34. The molecule has 1 amide bonds. The number of benzene rings is 2. The van der Waals surface area contributed by atoms with Crippen molar-refractivity contribution >= 4 is 29.1 Å². The van der Waals surface area contributed by atoms with Crippen LogP contribution in [0.2, 0.25) is 5.02 Å². The minimum Gasteiger partial charge on any atom is -0.507 e. The van der Waals surface area contributed by atoms with Crippen molar-refractivity contribution in [3.8, 4) is 0 Å². The molecular weight excluding hydrogens is 383 g/mol. The third-order valence-electron chi connectivity index (χ3n) is 4.70. The highest BCUT2D eigenvalue weighted by molar-refractivity contribution is 6.46. The van der Waals surface area contributed by atoms with Gasteiger partial charge in [-0.2, -0.15) is 0 Å². The van der Waals surface area contributed by atoms with Gasteiger partial charge in [0.2, 0.25) is 0 Å². The van der Waals surface area contributed by atoms with E-state index in [1.54, 1.807) is 24.3 Å². The summed E-state index contributed by atoms with van der Waals surface area (Å²) in [6.07, 6.45) is 0. The van der Waals surface area contributed by atoms with Gasteiger partial charge in [0.15, 0.2) is 0 Å². The summed E-state index contributed by atoms with van der Waals surface area (Å²) in [5.74, 6) is -2.20. The lowest BCUT2D eigenvalue weighted by Crippen LogP contribution is -3.06. The molecule has 3 rings (SSSR count). The number of aliphatic hydroxyl groups is 1. The summed E-state index contributed by atoms with van der Waals surface area (Å²) in [4.78, 5) is 28.1. The highest BCUT2D eigenvalue weighted by atomic mass is 35.5. The van der Waals surface area contributed by atoms with Gasteiger partial charge in [0.25, 0.3) is 11.7 Å². The van der Waals surface area contributed by atoms with Crippen LogP contribution in [0.3, 0.4) is 0 Å². The SMILES string of the molecule is C[NH+](C)CCN1C(=O)C(=O)C(=C(O)c2ccc(F)cc2)[C@@H]1c1ccc(Cl)cc1. The lowest BCUT2D eigenvalue weighted by molar-refractivity contribution is -0.857. The number of nitrogens with one attached hydrogen (secondary N) is 1. The molecule has 0 aliphatic carbocycles. The molecule has 0 radical (unpaired) electrons. The van der Waals surface area contributed by atoms with Gasteiger partial charge in [-0.25, -0.2) is 4.39 Å². The Balaban J connectivity index is 2.13. The first-order valence-electron chi connectivity index (χ1n) is 8.88. The molecule has 0 bridgehead atoms. The second-order valence-corrected chi connectivity index (χ2v) is 7.44. The topological polar surface area (TPSA) is 62.0 Å². The molecule has 7 heteroatoms. The predicted octanol–water partition coefficient (Wildman–Crippen LogP) is 2.05. The zero-order valence-electron chi connectivity index (χ0n) is 15.6. The summed E-state index contributed by atoms with van der Waals surface area (Å²) in [6.45, 7) is 0.980. The molecule has 1 atom stereocenters. The number of nitrogens with zero attached hydrogens (tertiary/aromatic N) is 1. The second kappa shape index (κ2) is 8.12. The van der Waals surface area contributed by atoms with Gasteiger partial charge in [0, 0.05) is 10.6 Å². The van der Waals surface area contributed by atoms with Crippen molar-refractivity contribution < 1.29 is 24.0 Å². The van der Waals surface area contributed by atoms with Crippen LogP contribution in [0.5, 0.6) is 0 Å². The first kappa shape index (κ1) is 20.0. The summed E-state index contributed by atoms with van der Waals surface area (Å²) in [5, 5.41) is 11.3. The van der Waals surface area contributed by atoms with Crippen LogP contribution in [0.15, 0.2) is 54.1 Å². The Morgan fingerprint density at radius 2 is 1.71 bits per heavy atom. The van der Waals surface area contributed by atoms with E-state index in [9.17, 15) is 19.1 Å². The molecule has 1 aliphatic rings. The van der Waals surface area contributed by atoms with E-state index in [2.05, 4.69) is 0 Å². The molecule has 146 valence electrons. The number of carbonyl (C=O) groups is 2. The van der Waals surface area contributed by atoms with E-state index >= 15 is 0 Å². The van der Waals surface area contributed by atoms with Crippen molar-refractivity contribution in [3.63, 3.8) is 0 Å². The van der Waals surface area contributed by atoms with Crippen LogP contribution in [0.25, 0.3) is 5.76 Å². The number of aliphatic hydroxyl groups excluding tert-OH is 1. The largest absolute Gasteiger partial charge is 0.507 e. The molecule has 1 aliphatic heterocycles. The van der Waals surface area contributed by atoms with Crippen LogP contribution in [-0.4, -0.2) is 48.9 Å². The number of quaternary nitrogens is 1. The Hall–Kier alpha value is -2.70. The number of carbonyl (C=O) groups excluding carboxylic acids is 2. The monoisotopic (exact) mass is 403 g/mol. The van der Waals surface area contributed by atoms with Crippen molar-refractivity contribution in [2.75, 3.05) is 27.2 Å². The van der Waals surface area contributed by atoms with Gasteiger partial charge in [0.1, 0.15) is 11.6 Å². The zero-order valence-corrected chi connectivity index (χ0v) is 16.3. The fraction of sp³-hybridized carbons (Fsp3) is 0.238. The lowest BCUT2D eigenvalue weighted by atomic mass is 9.95. The zero-order chi connectivity index (χ0) is 20.4. The maximum absolute atomic E-state index is 13.2. The van der Waals surface area contributed by atoms with Crippen LogP contribution in [0.1, 0.15) is 17.2 Å². The number of hydrogen-bond donors (Lipinski definition) is 2. The molecule has 2 aromatic carbocycles. The summed E-state index contributed by atoms with van der Waals surface area (Å²) in [6, 6.07) is 11.2. The number of rotatable bonds is 5.